The average molecular weight is 427 g/mol. The lowest BCUT2D eigenvalue weighted by molar-refractivity contribution is -0.128. The van der Waals surface area contributed by atoms with Gasteiger partial charge in [-0.15, -0.1) is 0 Å². The zero-order chi connectivity index (χ0) is 20.5. The van der Waals surface area contributed by atoms with E-state index in [2.05, 4.69) is 23.9 Å². The zero-order valence-corrected chi connectivity index (χ0v) is 18.8. The highest BCUT2D eigenvalue weighted by Crippen LogP contribution is 2.46. The standard InChI is InChI=1S/C22H32ClFN2OS/c1-5-15-10-14-8-13(2)9-16(11-14)20(15)25-21(27)22(3,4)26-28-19-7-6-17(24)12-18(19)23/h6-7,12-16,20,26H,5,8-11H2,1-4H3,(H,25,27). The van der Waals surface area contributed by atoms with E-state index in [9.17, 15) is 9.18 Å². The summed E-state index contributed by atoms with van der Waals surface area (Å²) in [5.74, 6) is 2.38. The van der Waals surface area contributed by atoms with Crippen molar-refractivity contribution in [1.29, 1.82) is 0 Å². The fourth-order valence-electron chi connectivity index (χ4n) is 5.02. The highest BCUT2D eigenvalue weighted by molar-refractivity contribution is 7.97. The van der Waals surface area contributed by atoms with E-state index < -0.39 is 5.54 Å². The molecule has 5 atom stereocenters. The van der Waals surface area contributed by atoms with Gasteiger partial charge in [0.05, 0.1) is 5.02 Å². The monoisotopic (exact) mass is 426 g/mol. The van der Waals surface area contributed by atoms with Crippen molar-refractivity contribution in [2.24, 2.45) is 23.7 Å². The number of hydrogen-bond donors (Lipinski definition) is 2. The average Bonchev–Trinajstić information content (AvgIpc) is 2.62. The topological polar surface area (TPSA) is 41.1 Å². The number of benzene rings is 1. The maximum atomic E-state index is 13.2. The second-order valence-electron chi connectivity index (χ2n) is 9.25. The summed E-state index contributed by atoms with van der Waals surface area (Å²) in [5.41, 5.74) is -0.766. The molecule has 2 N–H and O–H groups in total. The van der Waals surface area contributed by atoms with Gasteiger partial charge in [-0.1, -0.05) is 31.9 Å². The van der Waals surface area contributed by atoms with E-state index in [0.717, 1.165) is 18.3 Å². The van der Waals surface area contributed by atoms with Gasteiger partial charge in [0.15, 0.2) is 0 Å². The van der Waals surface area contributed by atoms with Gasteiger partial charge < -0.3 is 5.32 Å². The van der Waals surface area contributed by atoms with Gasteiger partial charge in [-0.05, 0) is 93.3 Å². The van der Waals surface area contributed by atoms with Crippen molar-refractivity contribution >= 4 is 29.5 Å². The van der Waals surface area contributed by atoms with Gasteiger partial charge in [0.2, 0.25) is 5.91 Å². The van der Waals surface area contributed by atoms with E-state index in [1.165, 1.54) is 49.8 Å². The van der Waals surface area contributed by atoms with Crippen molar-refractivity contribution in [3.8, 4) is 0 Å². The summed E-state index contributed by atoms with van der Waals surface area (Å²) in [7, 11) is 0. The summed E-state index contributed by atoms with van der Waals surface area (Å²) in [6, 6.07) is 4.54. The highest BCUT2D eigenvalue weighted by Gasteiger charge is 2.43. The molecule has 2 bridgehead atoms. The minimum Gasteiger partial charge on any atom is -0.351 e. The fraction of sp³-hybridized carbons (Fsp3) is 0.682. The molecule has 6 heteroatoms. The summed E-state index contributed by atoms with van der Waals surface area (Å²) in [6.07, 6.45) is 6.15. The van der Waals surface area contributed by atoms with Crippen molar-refractivity contribution in [2.75, 3.05) is 0 Å². The molecule has 0 aromatic heterocycles. The molecule has 2 fully saturated rings. The van der Waals surface area contributed by atoms with E-state index in [-0.39, 0.29) is 17.8 Å². The molecular formula is C22H32ClFN2OS. The molecule has 2 saturated carbocycles. The number of carbonyl (C=O) groups is 1. The number of hydrogen-bond acceptors (Lipinski definition) is 3. The number of fused-ring (bicyclic) bond motifs is 2. The molecule has 3 nitrogen and oxygen atoms in total. The molecule has 0 heterocycles. The molecule has 2 aliphatic carbocycles. The molecule has 0 saturated heterocycles. The second-order valence-corrected chi connectivity index (χ2v) is 10.5. The molecule has 3 rings (SSSR count). The first-order chi connectivity index (χ1) is 13.2. The van der Waals surface area contributed by atoms with Crippen molar-refractivity contribution in [3.63, 3.8) is 0 Å². The van der Waals surface area contributed by atoms with Crippen molar-refractivity contribution in [2.45, 2.75) is 76.3 Å². The van der Waals surface area contributed by atoms with E-state index in [1.807, 2.05) is 13.8 Å². The van der Waals surface area contributed by atoms with Gasteiger partial charge >= 0.3 is 0 Å². The zero-order valence-electron chi connectivity index (χ0n) is 17.2. The smallest absolute Gasteiger partial charge is 0.240 e. The number of nitrogens with one attached hydrogen (secondary N) is 2. The van der Waals surface area contributed by atoms with Gasteiger partial charge in [0, 0.05) is 10.9 Å². The number of halogens is 2. The van der Waals surface area contributed by atoms with Crippen LogP contribution in [0.1, 0.15) is 59.8 Å². The summed E-state index contributed by atoms with van der Waals surface area (Å²) < 4.78 is 16.5. The van der Waals surface area contributed by atoms with E-state index >= 15 is 0 Å². The fourth-order valence-corrected chi connectivity index (χ4v) is 6.06. The molecule has 156 valence electrons. The van der Waals surface area contributed by atoms with E-state index in [1.54, 1.807) is 6.07 Å². The van der Waals surface area contributed by atoms with E-state index in [0.29, 0.717) is 21.8 Å². The lowest BCUT2D eigenvalue weighted by atomic mass is 9.62. The summed E-state index contributed by atoms with van der Waals surface area (Å²) in [6.45, 7) is 8.34. The molecule has 1 amide bonds. The van der Waals surface area contributed by atoms with Crippen LogP contribution < -0.4 is 10.0 Å². The molecule has 0 spiro atoms. The normalized spacial score (nSPS) is 30.1. The van der Waals surface area contributed by atoms with Gasteiger partial charge in [-0.2, -0.15) is 0 Å². The van der Waals surface area contributed by atoms with Crippen LogP contribution in [0.15, 0.2) is 23.1 Å². The summed E-state index contributed by atoms with van der Waals surface area (Å²) in [4.78, 5) is 13.8. The first kappa shape index (κ1) is 21.9. The first-order valence-corrected chi connectivity index (χ1v) is 11.6. The summed E-state index contributed by atoms with van der Waals surface area (Å²) in [5, 5.41) is 3.73. The molecule has 1 aromatic rings. The third-order valence-corrected chi connectivity index (χ3v) is 8.04. The maximum absolute atomic E-state index is 13.2. The molecule has 28 heavy (non-hydrogen) atoms. The molecule has 2 aliphatic rings. The van der Waals surface area contributed by atoms with Gasteiger partial charge in [0.25, 0.3) is 0 Å². The SMILES string of the molecule is CCC1CC2CC(C)CC(C2)C1NC(=O)C(C)(C)NSc1ccc(F)cc1Cl. The van der Waals surface area contributed by atoms with E-state index in [4.69, 9.17) is 11.6 Å². The van der Waals surface area contributed by atoms with Crippen LogP contribution >= 0.6 is 23.5 Å². The van der Waals surface area contributed by atoms with Crippen LogP contribution in [-0.4, -0.2) is 17.5 Å². The van der Waals surface area contributed by atoms with Crippen LogP contribution in [-0.2, 0) is 4.79 Å². The molecule has 0 aliphatic heterocycles. The second kappa shape index (κ2) is 8.93. The summed E-state index contributed by atoms with van der Waals surface area (Å²) >= 11 is 7.37. The van der Waals surface area contributed by atoms with Gasteiger partial charge in [-0.25, -0.2) is 9.11 Å². The number of carbonyl (C=O) groups excluding carboxylic acids is 1. The Morgan fingerprint density at radius 1 is 1.29 bits per heavy atom. The first-order valence-electron chi connectivity index (χ1n) is 10.4. The van der Waals surface area contributed by atoms with Crippen LogP contribution in [0.3, 0.4) is 0 Å². The third kappa shape index (κ3) is 5.03. The van der Waals surface area contributed by atoms with Crippen LogP contribution in [0.4, 0.5) is 4.39 Å². The predicted molar refractivity (Wildman–Crippen MR) is 115 cm³/mol. The van der Waals surface area contributed by atoms with Crippen LogP contribution in [0.5, 0.6) is 0 Å². The van der Waals surface area contributed by atoms with Crippen LogP contribution in [0, 0.1) is 29.5 Å². The maximum Gasteiger partial charge on any atom is 0.240 e. The Kier molecular flexibility index (Phi) is 6.99. The minimum atomic E-state index is -0.766. The van der Waals surface area contributed by atoms with Crippen molar-refractivity contribution < 1.29 is 9.18 Å². The number of amides is 1. The molecule has 1 aromatic carbocycles. The lowest BCUT2D eigenvalue weighted by Crippen LogP contribution is -2.58. The Bertz CT molecular complexity index is 712. The Balaban J connectivity index is 1.64. The lowest BCUT2D eigenvalue weighted by Gasteiger charge is -2.48. The quantitative estimate of drug-likeness (QED) is 0.563. The Hall–Kier alpha value is -0.780. The predicted octanol–water partition coefficient (Wildman–Crippen LogP) is 5.82. The van der Waals surface area contributed by atoms with Crippen molar-refractivity contribution in [3.05, 3.63) is 29.0 Å². The Labute approximate surface area is 177 Å². The van der Waals surface area contributed by atoms with Gasteiger partial charge in [0.1, 0.15) is 11.4 Å². The molecule has 0 radical (unpaired) electrons. The highest BCUT2D eigenvalue weighted by atomic mass is 35.5. The number of rotatable bonds is 6. The Morgan fingerprint density at radius 3 is 2.71 bits per heavy atom. The third-order valence-electron chi connectivity index (χ3n) is 6.43. The van der Waals surface area contributed by atoms with Gasteiger partial charge in [-0.3, -0.25) is 4.79 Å². The molecular weight excluding hydrogens is 395 g/mol. The molecule has 5 unspecified atom stereocenters. The minimum absolute atomic E-state index is 0.0124. The largest absolute Gasteiger partial charge is 0.351 e. The van der Waals surface area contributed by atoms with Crippen LogP contribution in [0.2, 0.25) is 5.02 Å². The van der Waals surface area contributed by atoms with Crippen molar-refractivity contribution in [1.82, 2.24) is 10.0 Å². The Morgan fingerprint density at radius 2 is 2.04 bits per heavy atom. The van der Waals surface area contributed by atoms with Crippen LogP contribution in [0.25, 0.3) is 0 Å².